The third-order valence-electron chi connectivity index (χ3n) is 2.45. The molecule has 0 bridgehead atoms. The van der Waals surface area contributed by atoms with Crippen LogP contribution in [0.4, 0.5) is 5.69 Å². The number of benzene rings is 1. The van der Waals surface area contributed by atoms with E-state index >= 15 is 0 Å². The van der Waals surface area contributed by atoms with E-state index in [-0.39, 0.29) is 11.7 Å². The highest BCUT2D eigenvalue weighted by Gasteiger charge is 2.24. The Morgan fingerprint density at radius 1 is 1.22 bits per heavy atom. The average Bonchev–Trinajstić information content (AvgIpc) is 2.28. The predicted molar refractivity (Wildman–Crippen MR) is 77.3 cm³/mol. The molecule has 3 nitrogen and oxygen atoms in total. The van der Waals surface area contributed by atoms with E-state index < -0.39 is 4.32 Å². The maximum absolute atomic E-state index is 12.0. The zero-order chi connectivity index (χ0) is 13.8. The second-order valence-electron chi connectivity index (χ2n) is 4.68. The molecule has 98 valence electrons. The van der Waals surface area contributed by atoms with Crippen LogP contribution >= 0.6 is 15.9 Å². The van der Waals surface area contributed by atoms with Gasteiger partial charge >= 0.3 is 0 Å². The van der Waals surface area contributed by atoms with Crippen LogP contribution in [-0.2, 0) is 4.79 Å². The summed E-state index contributed by atoms with van der Waals surface area (Å²) in [7, 11) is 0. The van der Waals surface area contributed by atoms with Crippen LogP contribution in [0.1, 0.15) is 44.0 Å². The highest BCUT2D eigenvalue weighted by Crippen LogP contribution is 2.23. The molecule has 18 heavy (non-hydrogen) atoms. The molecule has 0 spiro atoms. The fourth-order valence-electron chi connectivity index (χ4n) is 1.50. The van der Waals surface area contributed by atoms with Gasteiger partial charge in [-0.15, -0.1) is 0 Å². The van der Waals surface area contributed by atoms with Crippen molar-refractivity contribution >= 4 is 33.3 Å². The summed E-state index contributed by atoms with van der Waals surface area (Å²) in [5.74, 6) is 0.0198. The number of halogens is 1. The van der Waals surface area contributed by atoms with Crippen LogP contribution < -0.4 is 5.32 Å². The molecule has 0 atom stereocenters. The van der Waals surface area contributed by atoms with Crippen molar-refractivity contribution < 1.29 is 9.59 Å². The van der Waals surface area contributed by atoms with Gasteiger partial charge in [-0.25, -0.2) is 0 Å². The Bertz CT molecular complexity index is 432. The highest BCUT2D eigenvalue weighted by atomic mass is 79.9. The van der Waals surface area contributed by atoms with E-state index in [0.717, 1.165) is 12.1 Å². The summed E-state index contributed by atoms with van der Waals surface area (Å²) in [4.78, 5) is 23.4. The van der Waals surface area contributed by atoms with E-state index in [0.29, 0.717) is 12.0 Å². The van der Waals surface area contributed by atoms with Gasteiger partial charge in [-0.1, -0.05) is 22.9 Å². The van der Waals surface area contributed by atoms with Gasteiger partial charge in [0.1, 0.15) is 0 Å². The van der Waals surface area contributed by atoms with E-state index in [1.807, 2.05) is 20.8 Å². The van der Waals surface area contributed by atoms with E-state index in [9.17, 15) is 9.59 Å². The Morgan fingerprint density at radius 2 is 1.78 bits per heavy atom. The number of carbonyl (C=O) groups is 2. The molecule has 0 aromatic heterocycles. The number of nitrogens with one attached hydrogen (secondary N) is 1. The number of rotatable bonds is 5. The molecule has 0 saturated carbocycles. The van der Waals surface area contributed by atoms with Gasteiger partial charge in [0, 0.05) is 17.7 Å². The number of alkyl halides is 1. The van der Waals surface area contributed by atoms with E-state index in [2.05, 4.69) is 21.2 Å². The summed E-state index contributed by atoms with van der Waals surface area (Å²) in [5, 5.41) is 2.79. The Kier molecular flexibility index (Phi) is 5.08. The van der Waals surface area contributed by atoms with Crippen molar-refractivity contribution in [3.05, 3.63) is 29.8 Å². The minimum Gasteiger partial charge on any atom is -0.326 e. The average molecular weight is 312 g/mol. The molecule has 0 radical (unpaired) electrons. The maximum Gasteiger partial charge on any atom is 0.224 e. The van der Waals surface area contributed by atoms with Gasteiger partial charge in [0.25, 0.3) is 0 Å². The molecule has 0 aliphatic rings. The Morgan fingerprint density at radius 3 is 2.22 bits per heavy atom. The highest BCUT2D eigenvalue weighted by molar-refractivity contribution is 9.10. The van der Waals surface area contributed by atoms with Crippen LogP contribution in [0.25, 0.3) is 0 Å². The van der Waals surface area contributed by atoms with Gasteiger partial charge in [-0.05, 0) is 44.5 Å². The number of hydrogen-bond donors (Lipinski definition) is 1. The van der Waals surface area contributed by atoms with Gasteiger partial charge in [-0.2, -0.15) is 0 Å². The van der Waals surface area contributed by atoms with Crippen molar-refractivity contribution in [2.45, 2.75) is 37.9 Å². The number of ketones is 1. The first kappa shape index (κ1) is 14.9. The Labute approximate surface area is 116 Å². The van der Waals surface area contributed by atoms with Crippen LogP contribution in [0.3, 0.4) is 0 Å². The lowest BCUT2D eigenvalue weighted by atomic mass is 10.0. The summed E-state index contributed by atoms with van der Waals surface area (Å²) in [6, 6.07) is 6.96. The van der Waals surface area contributed by atoms with E-state index in [4.69, 9.17) is 0 Å². The topological polar surface area (TPSA) is 46.2 Å². The van der Waals surface area contributed by atoms with Crippen LogP contribution in [0.5, 0.6) is 0 Å². The van der Waals surface area contributed by atoms with Gasteiger partial charge in [0.15, 0.2) is 5.78 Å². The van der Waals surface area contributed by atoms with E-state index in [1.165, 1.54) is 0 Å². The number of Topliss-reactive ketones (excluding diaryl/α,β-unsaturated/α-hetero) is 1. The molecule has 1 aromatic rings. The molecule has 1 aromatic carbocycles. The zero-order valence-electron chi connectivity index (χ0n) is 10.9. The predicted octanol–water partition coefficient (Wildman–Crippen LogP) is 3.78. The quantitative estimate of drug-likeness (QED) is 0.664. The van der Waals surface area contributed by atoms with Crippen molar-refractivity contribution in [1.29, 1.82) is 0 Å². The van der Waals surface area contributed by atoms with Gasteiger partial charge in [0.2, 0.25) is 5.91 Å². The number of amides is 1. The van der Waals surface area contributed by atoms with Crippen LogP contribution in [0.2, 0.25) is 0 Å². The second kappa shape index (κ2) is 6.14. The smallest absolute Gasteiger partial charge is 0.224 e. The first-order valence-electron chi connectivity index (χ1n) is 5.98. The summed E-state index contributed by atoms with van der Waals surface area (Å²) < 4.78 is -0.569. The van der Waals surface area contributed by atoms with Crippen molar-refractivity contribution in [3.8, 4) is 0 Å². The molecular weight excluding hydrogens is 294 g/mol. The third-order valence-corrected chi connectivity index (χ3v) is 2.81. The van der Waals surface area contributed by atoms with Crippen molar-refractivity contribution in [3.63, 3.8) is 0 Å². The molecule has 1 N–H and O–H groups in total. The fourth-order valence-corrected chi connectivity index (χ4v) is 1.73. The van der Waals surface area contributed by atoms with Crippen molar-refractivity contribution in [2.75, 3.05) is 5.32 Å². The normalized spacial score (nSPS) is 11.1. The van der Waals surface area contributed by atoms with Crippen LogP contribution in [0, 0.1) is 0 Å². The zero-order valence-corrected chi connectivity index (χ0v) is 12.5. The minimum absolute atomic E-state index is 0.00241. The monoisotopic (exact) mass is 311 g/mol. The summed E-state index contributed by atoms with van der Waals surface area (Å²) in [6.07, 6.45) is 1.33. The molecule has 0 unspecified atom stereocenters. The molecule has 1 rings (SSSR count). The first-order valence-corrected chi connectivity index (χ1v) is 6.77. The van der Waals surface area contributed by atoms with Gasteiger partial charge in [-0.3, -0.25) is 9.59 Å². The lowest BCUT2D eigenvalue weighted by molar-refractivity contribution is -0.116. The molecule has 4 heteroatoms. The van der Waals surface area contributed by atoms with E-state index in [1.54, 1.807) is 24.3 Å². The van der Waals surface area contributed by atoms with Gasteiger partial charge < -0.3 is 5.32 Å². The second-order valence-corrected chi connectivity index (χ2v) is 6.66. The van der Waals surface area contributed by atoms with Crippen LogP contribution in [-0.4, -0.2) is 16.0 Å². The molecule has 1 amide bonds. The standard InChI is InChI=1S/C14H18BrNO2/c1-4-5-12(17)16-11-8-6-10(7-9-11)13(18)14(2,3)15/h6-9H,4-5H2,1-3H3,(H,16,17). The molecular formula is C14H18BrNO2. The fraction of sp³-hybridized carbons (Fsp3) is 0.429. The summed E-state index contributed by atoms with van der Waals surface area (Å²) in [6.45, 7) is 5.58. The Hall–Kier alpha value is -1.16. The third kappa shape index (κ3) is 4.26. The number of hydrogen-bond acceptors (Lipinski definition) is 2. The summed E-state index contributed by atoms with van der Waals surface area (Å²) >= 11 is 3.34. The molecule has 0 fully saturated rings. The SMILES string of the molecule is CCCC(=O)Nc1ccc(C(=O)C(C)(C)Br)cc1. The largest absolute Gasteiger partial charge is 0.326 e. The lowest BCUT2D eigenvalue weighted by Gasteiger charge is -2.14. The molecule has 0 saturated heterocycles. The van der Waals surface area contributed by atoms with Crippen molar-refractivity contribution in [1.82, 2.24) is 0 Å². The number of anilines is 1. The van der Waals surface area contributed by atoms with Crippen molar-refractivity contribution in [2.24, 2.45) is 0 Å². The number of carbonyl (C=O) groups excluding carboxylic acids is 2. The first-order chi connectivity index (χ1) is 8.34. The molecule has 0 aliphatic heterocycles. The lowest BCUT2D eigenvalue weighted by Crippen LogP contribution is -2.23. The molecule has 0 aliphatic carbocycles. The minimum atomic E-state index is -0.569. The van der Waals surface area contributed by atoms with Crippen LogP contribution in [0.15, 0.2) is 24.3 Å². The molecule has 0 heterocycles. The summed E-state index contributed by atoms with van der Waals surface area (Å²) in [5.41, 5.74) is 1.35. The maximum atomic E-state index is 12.0. The van der Waals surface area contributed by atoms with Gasteiger partial charge in [0.05, 0.1) is 4.32 Å². The Balaban J connectivity index is 2.75.